The summed E-state index contributed by atoms with van der Waals surface area (Å²) >= 11 is 6.32. The average Bonchev–Trinajstić information content (AvgIpc) is 2.39. The van der Waals surface area contributed by atoms with Gasteiger partial charge in [0.2, 0.25) is 0 Å². The molecule has 0 unspecified atom stereocenters. The van der Waals surface area contributed by atoms with Gasteiger partial charge in [0.05, 0.1) is 0 Å². The van der Waals surface area contributed by atoms with E-state index in [2.05, 4.69) is 68.9 Å². The summed E-state index contributed by atoms with van der Waals surface area (Å²) in [7, 11) is -1.76. The van der Waals surface area contributed by atoms with Gasteiger partial charge in [0.1, 0.15) is 8.07 Å². The molecule has 0 aliphatic carbocycles. The molecule has 0 N–H and O–H groups in total. The van der Waals surface area contributed by atoms with Crippen LogP contribution in [0.5, 0.6) is 0 Å². The molecule has 2 aromatic rings. The first-order chi connectivity index (χ1) is 8.56. The molecule has 2 rings (SSSR count). The Morgan fingerprint density at radius 3 is 1.39 bits per heavy atom. The lowest BCUT2D eigenvalue weighted by Gasteiger charge is -2.26. The van der Waals surface area contributed by atoms with E-state index in [1.165, 1.54) is 21.5 Å². The van der Waals surface area contributed by atoms with Gasteiger partial charge in [-0.05, 0) is 13.8 Å². The topological polar surface area (TPSA) is 0 Å². The van der Waals surface area contributed by atoms with Crippen molar-refractivity contribution in [2.75, 3.05) is 5.50 Å². The number of benzene rings is 2. The first kappa shape index (κ1) is 13.4. The summed E-state index contributed by atoms with van der Waals surface area (Å²) in [6.07, 6.45) is 0. The molecule has 0 aromatic heterocycles. The van der Waals surface area contributed by atoms with Crippen LogP contribution in [0.2, 0.25) is 6.55 Å². The second kappa shape index (κ2) is 5.29. The minimum atomic E-state index is -1.76. The molecule has 0 aliphatic heterocycles. The first-order valence-electron chi connectivity index (χ1n) is 6.26. The zero-order chi connectivity index (χ0) is 13.2. The van der Waals surface area contributed by atoms with E-state index >= 15 is 0 Å². The highest BCUT2D eigenvalue weighted by molar-refractivity contribution is 7.04. The molecule has 0 radical (unpaired) electrons. The molecule has 0 amide bonds. The Kier molecular flexibility index (Phi) is 3.93. The molecule has 0 saturated heterocycles. The second-order valence-electron chi connectivity index (χ2n) is 5.20. The second-order valence-corrected chi connectivity index (χ2v) is 10.1. The van der Waals surface area contributed by atoms with Gasteiger partial charge >= 0.3 is 0 Å². The van der Waals surface area contributed by atoms with Crippen molar-refractivity contribution in [3.8, 4) is 0 Å². The Morgan fingerprint density at radius 2 is 1.11 bits per heavy atom. The molecule has 2 aromatic carbocycles. The molecule has 0 bridgehead atoms. The van der Waals surface area contributed by atoms with E-state index < -0.39 is 8.07 Å². The molecule has 94 valence electrons. The Bertz CT molecular complexity index is 468. The van der Waals surface area contributed by atoms with Crippen molar-refractivity contribution >= 4 is 30.0 Å². The Labute approximate surface area is 116 Å². The Hall–Kier alpha value is -1.05. The molecular weight excluding hydrogens is 256 g/mol. The molecule has 0 saturated carbocycles. The molecule has 0 spiro atoms. The maximum atomic E-state index is 6.32. The smallest absolute Gasteiger partial charge is 0.129 e. The Balaban J connectivity index is 2.47. The van der Waals surface area contributed by atoms with Crippen LogP contribution in [0.1, 0.15) is 11.1 Å². The largest absolute Gasteiger partial charge is 0.129 e. The van der Waals surface area contributed by atoms with Gasteiger partial charge in [0.15, 0.2) is 0 Å². The molecule has 0 aliphatic rings. The van der Waals surface area contributed by atoms with Crippen molar-refractivity contribution < 1.29 is 0 Å². The van der Waals surface area contributed by atoms with Crippen LogP contribution in [0.3, 0.4) is 0 Å². The molecule has 0 atom stereocenters. The summed E-state index contributed by atoms with van der Waals surface area (Å²) in [6.45, 7) is 6.58. The molecule has 18 heavy (non-hydrogen) atoms. The van der Waals surface area contributed by atoms with E-state index in [0.717, 1.165) is 5.50 Å². The fourth-order valence-corrected chi connectivity index (χ4v) is 5.54. The zero-order valence-electron chi connectivity index (χ0n) is 11.2. The number of hydrogen-bond donors (Lipinski definition) is 0. The molecule has 2 heteroatoms. The van der Waals surface area contributed by atoms with E-state index in [1.807, 2.05) is 0 Å². The summed E-state index contributed by atoms with van der Waals surface area (Å²) < 4.78 is 0. The summed E-state index contributed by atoms with van der Waals surface area (Å²) in [5.74, 6) is 0. The van der Waals surface area contributed by atoms with Gasteiger partial charge in [0, 0.05) is 5.50 Å². The van der Waals surface area contributed by atoms with E-state index in [9.17, 15) is 0 Å². The van der Waals surface area contributed by atoms with Crippen LogP contribution < -0.4 is 10.4 Å². The highest BCUT2D eigenvalue weighted by Crippen LogP contribution is 2.09. The highest BCUT2D eigenvalue weighted by atomic mass is 35.5. The fourth-order valence-electron chi connectivity index (χ4n) is 2.16. The van der Waals surface area contributed by atoms with Gasteiger partial charge in [-0.25, -0.2) is 0 Å². The van der Waals surface area contributed by atoms with Gasteiger partial charge in [0.25, 0.3) is 0 Å². The van der Waals surface area contributed by atoms with Crippen molar-refractivity contribution in [3.63, 3.8) is 0 Å². The van der Waals surface area contributed by atoms with Crippen LogP contribution in [0.25, 0.3) is 0 Å². The lowest BCUT2D eigenvalue weighted by Crippen LogP contribution is -2.57. The Morgan fingerprint density at radius 1 is 0.778 bits per heavy atom. The fraction of sp³-hybridized carbons (Fsp3) is 0.250. The monoisotopic (exact) mass is 274 g/mol. The van der Waals surface area contributed by atoms with Crippen LogP contribution in [-0.4, -0.2) is 13.6 Å². The van der Waals surface area contributed by atoms with Gasteiger partial charge in [-0.1, -0.05) is 76.6 Å². The lowest BCUT2D eigenvalue weighted by molar-refractivity contribution is 1.47. The van der Waals surface area contributed by atoms with E-state index in [1.54, 1.807) is 0 Å². The normalized spacial score (nSPS) is 11.6. The minimum absolute atomic E-state index is 0.721. The minimum Gasteiger partial charge on any atom is -0.129 e. The van der Waals surface area contributed by atoms with Crippen molar-refractivity contribution in [1.82, 2.24) is 0 Å². The van der Waals surface area contributed by atoms with Crippen molar-refractivity contribution in [3.05, 3.63) is 59.7 Å². The van der Waals surface area contributed by atoms with Crippen molar-refractivity contribution in [2.24, 2.45) is 0 Å². The number of halogens is 1. The van der Waals surface area contributed by atoms with Gasteiger partial charge < -0.3 is 0 Å². The maximum absolute atomic E-state index is 6.32. The van der Waals surface area contributed by atoms with Crippen LogP contribution in [0.4, 0.5) is 0 Å². The third kappa shape index (κ3) is 2.52. The average molecular weight is 275 g/mol. The van der Waals surface area contributed by atoms with Crippen LogP contribution >= 0.6 is 11.6 Å². The third-order valence-electron chi connectivity index (χ3n) is 3.64. The van der Waals surface area contributed by atoms with E-state index in [-0.39, 0.29) is 0 Å². The number of aryl methyl sites for hydroxylation is 2. The summed E-state index contributed by atoms with van der Waals surface area (Å²) in [4.78, 5) is 0. The quantitative estimate of drug-likeness (QED) is 0.595. The van der Waals surface area contributed by atoms with E-state index in [0.29, 0.717) is 0 Å². The van der Waals surface area contributed by atoms with Crippen molar-refractivity contribution in [2.45, 2.75) is 20.4 Å². The third-order valence-corrected chi connectivity index (χ3v) is 9.00. The molecule has 0 heterocycles. The summed E-state index contributed by atoms with van der Waals surface area (Å²) in [6, 6.07) is 17.7. The number of alkyl halides is 1. The molecule has 0 nitrogen and oxygen atoms in total. The van der Waals surface area contributed by atoms with E-state index in [4.69, 9.17) is 11.6 Å². The predicted molar refractivity (Wildman–Crippen MR) is 84.0 cm³/mol. The van der Waals surface area contributed by atoms with Gasteiger partial charge in [-0.15, -0.1) is 11.6 Å². The predicted octanol–water partition coefficient (Wildman–Crippen LogP) is 3.27. The van der Waals surface area contributed by atoms with Crippen LogP contribution in [-0.2, 0) is 0 Å². The van der Waals surface area contributed by atoms with Crippen LogP contribution in [0.15, 0.2) is 48.5 Å². The summed E-state index contributed by atoms with van der Waals surface area (Å²) in [5, 5.41) is 2.82. The standard InChI is InChI=1S/C16H19ClSi/c1-13-4-8-15(9-5-13)18(3,12-17)16-10-6-14(2)7-11-16/h4-11H,12H2,1-3H3. The number of rotatable bonds is 3. The highest BCUT2D eigenvalue weighted by Gasteiger charge is 2.30. The van der Waals surface area contributed by atoms with Crippen molar-refractivity contribution in [1.29, 1.82) is 0 Å². The SMILES string of the molecule is Cc1ccc([Si](C)(CCl)c2ccc(C)cc2)cc1. The van der Waals surface area contributed by atoms with Crippen LogP contribution in [0, 0.1) is 13.8 Å². The first-order valence-corrected chi connectivity index (χ1v) is 9.51. The van der Waals surface area contributed by atoms with Gasteiger partial charge in [-0.3, -0.25) is 0 Å². The maximum Gasteiger partial charge on any atom is 0.129 e. The molecular formula is C16H19ClSi. The zero-order valence-corrected chi connectivity index (χ0v) is 13.0. The summed E-state index contributed by atoms with van der Waals surface area (Å²) in [5.41, 5.74) is 3.32. The van der Waals surface area contributed by atoms with Gasteiger partial charge in [-0.2, -0.15) is 0 Å². The molecule has 0 fully saturated rings. The lowest BCUT2D eigenvalue weighted by atomic mass is 10.2. The number of hydrogen-bond acceptors (Lipinski definition) is 0.